The van der Waals surface area contributed by atoms with Crippen LogP contribution in [0.1, 0.15) is 27.0 Å². The minimum Gasteiger partial charge on any atom is -0.508 e. The van der Waals surface area contributed by atoms with Crippen LogP contribution in [0.15, 0.2) is 46.9 Å². The molecule has 2 heterocycles. The van der Waals surface area contributed by atoms with E-state index >= 15 is 0 Å². The predicted molar refractivity (Wildman–Crippen MR) is 106 cm³/mol. The van der Waals surface area contributed by atoms with E-state index < -0.39 is 11.6 Å². The van der Waals surface area contributed by atoms with Crippen LogP contribution in [-0.4, -0.2) is 16.2 Å². The van der Waals surface area contributed by atoms with Crippen molar-refractivity contribution in [2.75, 3.05) is 0 Å². The lowest BCUT2D eigenvalue weighted by molar-refractivity contribution is 0.0224. The molecule has 2 N–H and O–H groups in total. The van der Waals surface area contributed by atoms with Crippen LogP contribution in [0.2, 0.25) is 10.0 Å². The topological polar surface area (TPSA) is 76.0 Å². The van der Waals surface area contributed by atoms with E-state index in [0.29, 0.717) is 22.3 Å². The standard InChI is InChI=1S/C20H9BrCl2O5/c21-14-17(25)16(23)15(22)13-18(14)27-12-7-8(24)5-6-11(12)20(13)10-4-2-1-3-9(10)19(26)28-20/h1-7,24-25H. The highest BCUT2D eigenvalue weighted by atomic mass is 79.9. The molecule has 5 rings (SSSR count). The highest BCUT2D eigenvalue weighted by Gasteiger charge is 2.55. The predicted octanol–water partition coefficient (Wildman–Crippen LogP) is 5.74. The number of rotatable bonds is 0. The normalized spacial score (nSPS) is 18.9. The summed E-state index contributed by atoms with van der Waals surface area (Å²) in [5.74, 6) is -0.457. The van der Waals surface area contributed by atoms with E-state index in [1.807, 2.05) is 0 Å². The molecule has 1 unspecified atom stereocenters. The molecular weight excluding hydrogens is 471 g/mol. The molecule has 0 aliphatic carbocycles. The number of hydrogen-bond acceptors (Lipinski definition) is 5. The van der Waals surface area contributed by atoms with Gasteiger partial charge in [-0.3, -0.25) is 0 Å². The van der Waals surface area contributed by atoms with Crippen molar-refractivity contribution in [3.63, 3.8) is 0 Å². The quantitative estimate of drug-likeness (QED) is 0.318. The maximum atomic E-state index is 12.7. The SMILES string of the molecule is O=C1OC2(c3ccc(O)cc3Oc3c(Br)c(O)c(Cl)c(Cl)c32)c2ccccc21. The zero-order valence-corrected chi connectivity index (χ0v) is 16.9. The smallest absolute Gasteiger partial charge is 0.340 e. The number of hydrogen-bond donors (Lipinski definition) is 2. The molecule has 1 spiro atoms. The molecule has 140 valence electrons. The Labute approximate surface area is 177 Å². The van der Waals surface area contributed by atoms with E-state index in [2.05, 4.69) is 15.9 Å². The van der Waals surface area contributed by atoms with Gasteiger partial charge in [0.15, 0.2) is 17.1 Å². The van der Waals surface area contributed by atoms with Gasteiger partial charge in [0.05, 0.1) is 16.1 Å². The van der Waals surface area contributed by atoms with Crippen LogP contribution in [0.4, 0.5) is 0 Å². The van der Waals surface area contributed by atoms with Gasteiger partial charge < -0.3 is 19.7 Å². The van der Waals surface area contributed by atoms with Crippen molar-refractivity contribution in [1.29, 1.82) is 0 Å². The van der Waals surface area contributed by atoms with Gasteiger partial charge in [-0.1, -0.05) is 41.4 Å². The Kier molecular flexibility index (Phi) is 3.66. The first-order valence-corrected chi connectivity index (χ1v) is 9.65. The fraction of sp³-hybridized carbons (Fsp3) is 0.0500. The Bertz CT molecular complexity index is 1210. The number of esters is 1. The zero-order valence-electron chi connectivity index (χ0n) is 13.8. The van der Waals surface area contributed by atoms with Crippen LogP contribution < -0.4 is 4.74 Å². The first-order valence-electron chi connectivity index (χ1n) is 8.10. The van der Waals surface area contributed by atoms with E-state index in [4.69, 9.17) is 32.7 Å². The molecule has 0 aromatic heterocycles. The summed E-state index contributed by atoms with van der Waals surface area (Å²) in [5, 5.41) is 20.2. The van der Waals surface area contributed by atoms with E-state index in [9.17, 15) is 15.0 Å². The van der Waals surface area contributed by atoms with E-state index in [-0.39, 0.29) is 37.5 Å². The third-order valence-electron chi connectivity index (χ3n) is 4.94. The molecule has 2 aliphatic heterocycles. The molecule has 0 bridgehead atoms. The van der Waals surface area contributed by atoms with Gasteiger partial charge in [0.25, 0.3) is 0 Å². The molecule has 5 nitrogen and oxygen atoms in total. The Morgan fingerprint density at radius 2 is 1.75 bits per heavy atom. The lowest BCUT2D eigenvalue weighted by atomic mass is 9.77. The third-order valence-corrected chi connectivity index (χ3v) is 6.51. The average molecular weight is 480 g/mol. The summed E-state index contributed by atoms with van der Waals surface area (Å²) in [4.78, 5) is 12.7. The molecule has 3 aromatic rings. The highest BCUT2D eigenvalue weighted by molar-refractivity contribution is 9.10. The minimum absolute atomic E-state index is 0.000551. The van der Waals surface area contributed by atoms with Crippen molar-refractivity contribution >= 4 is 45.1 Å². The highest BCUT2D eigenvalue weighted by Crippen LogP contribution is 2.62. The van der Waals surface area contributed by atoms with Gasteiger partial charge in [-0.2, -0.15) is 0 Å². The Balaban J connectivity index is 1.99. The molecule has 0 saturated heterocycles. The van der Waals surface area contributed by atoms with Gasteiger partial charge in [0.1, 0.15) is 21.0 Å². The van der Waals surface area contributed by atoms with Gasteiger partial charge >= 0.3 is 5.97 Å². The van der Waals surface area contributed by atoms with E-state index in [1.165, 1.54) is 12.1 Å². The largest absolute Gasteiger partial charge is 0.508 e. The van der Waals surface area contributed by atoms with Gasteiger partial charge in [-0.25, -0.2) is 4.79 Å². The number of halogens is 3. The van der Waals surface area contributed by atoms with Crippen LogP contribution >= 0.6 is 39.1 Å². The van der Waals surface area contributed by atoms with Crippen LogP contribution in [0.25, 0.3) is 0 Å². The number of aromatic hydroxyl groups is 2. The van der Waals surface area contributed by atoms with E-state index in [1.54, 1.807) is 30.3 Å². The van der Waals surface area contributed by atoms with Crippen molar-refractivity contribution < 1.29 is 24.5 Å². The first kappa shape index (κ1) is 17.7. The van der Waals surface area contributed by atoms with Gasteiger partial charge in [-0.05, 0) is 34.1 Å². The molecule has 0 radical (unpaired) electrons. The number of phenols is 2. The summed E-state index contributed by atoms with van der Waals surface area (Å²) < 4.78 is 12.0. The first-order chi connectivity index (χ1) is 13.4. The van der Waals surface area contributed by atoms with Gasteiger partial charge in [-0.15, -0.1) is 0 Å². The summed E-state index contributed by atoms with van der Waals surface area (Å²) in [6.07, 6.45) is 0. The summed E-state index contributed by atoms with van der Waals surface area (Å²) in [7, 11) is 0. The van der Waals surface area contributed by atoms with Crippen molar-refractivity contribution in [3.8, 4) is 23.0 Å². The number of ether oxygens (including phenoxy) is 2. The molecule has 2 aliphatic rings. The number of carbonyl (C=O) groups excluding carboxylic acids is 1. The van der Waals surface area contributed by atoms with Crippen molar-refractivity contribution in [2.24, 2.45) is 0 Å². The molecule has 8 heteroatoms. The Hall–Kier alpha value is -2.41. The van der Waals surface area contributed by atoms with Crippen LogP contribution in [0, 0.1) is 0 Å². The Morgan fingerprint density at radius 1 is 1.00 bits per heavy atom. The second kappa shape index (κ2) is 5.80. The average Bonchev–Trinajstić information content (AvgIpc) is 2.97. The lowest BCUT2D eigenvalue weighted by Crippen LogP contribution is -2.33. The van der Waals surface area contributed by atoms with Crippen molar-refractivity contribution in [2.45, 2.75) is 5.60 Å². The van der Waals surface area contributed by atoms with Gasteiger partial charge in [0, 0.05) is 17.2 Å². The second-order valence-corrected chi connectivity index (χ2v) is 7.94. The molecule has 28 heavy (non-hydrogen) atoms. The maximum Gasteiger partial charge on any atom is 0.340 e. The summed E-state index contributed by atoms with van der Waals surface area (Å²) in [5.41, 5.74) is 0.270. The number of carbonyl (C=O) groups is 1. The molecule has 3 aromatic carbocycles. The molecule has 1 atom stereocenters. The lowest BCUT2D eigenvalue weighted by Gasteiger charge is -2.37. The number of benzene rings is 3. The minimum atomic E-state index is -1.44. The second-order valence-electron chi connectivity index (χ2n) is 6.39. The fourth-order valence-corrected chi connectivity index (χ4v) is 4.86. The third kappa shape index (κ3) is 2.05. The maximum absolute atomic E-state index is 12.7. The summed E-state index contributed by atoms with van der Waals surface area (Å²) in [6.45, 7) is 0. The molecular formula is C20H9BrCl2O5. The number of phenolic OH excluding ortho intramolecular Hbond substituents is 2. The monoisotopic (exact) mass is 478 g/mol. The number of fused-ring (bicyclic) bond motifs is 6. The fourth-order valence-electron chi connectivity index (χ4n) is 3.77. The Morgan fingerprint density at radius 3 is 2.54 bits per heavy atom. The van der Waals surface area contributed by atoms with Crippen molar-refractivity contribution in [1.82, 2.24) is 0 Å². The summed E-state index contributed by atoms with van der Waals surface area (Å²) >= 11 is 16.1. The van der Waals surface area contributed by atoms with Gasteiger partial charge in [0.2, 0.25) is 0 Å². The molecule has 0 amide bonds. The van der Waals surface area contributed by atoms with Crippen LogP contribution in [0.3, 0.4) is 0 Å². The zero-order chi connectivity index (χ0) is 19.8. The van der Waals surface area contributed by atoms with E-state index in [0.717, 1.165) is 0 Å². The van der Waals surface area contributed by atoms with Crippen molar-refractivity contribution in [3.05, 3.63) is 79.2 Å². The van der Waals surface area contributed by atoms with Crippen LogP contribution in [0.5, 0.6) is 23.0 Å². The van der Waals surface area contributed by atoms with Crippen LogP contribution in [-0.2, 0) is 10.3 Å². The molecule has 0 fully saturated rings. The molecule has 0 saturated carbocycles. The summed E-state index contributed by atoms with van der Waals surface area (Å²) in [6, 6.07) is 11.4.